The predicted molar refractivity (Wildman–Crippen MR) is 97.4 cm³/mol. The predicted octanol–water partition coefficient (Wildman–Crippen LogP) is 3.73. The summed E-state index contributed by atoms with van der Waals surface area (Å²) in [6, 6.07) is 9.89. The summed E-state index contributed by atoms with van der Waals surface area (Å²) < 4.78 is 28.6. The second kappa shape index (κ2) is 6.78. The minimum absolute atomic E-state index is 0.0325. The van der Waals surface area contributed by atoms with Crippen LogP contribution in [0.5, 0.6) is 0 Å². The molecule has 0 saturated heterocycles. The Morgan fingerprint density at radius 2 is 1.96 bits per heavy atom. The maximum Gasteiger partial charge on any atom is 0.271 e. The first-order valence-electron chi connectivity index (χ1n) is 7.79. The molecule has 6 nitrogen and oxygen atoms in total. The number of nitrogens with zero attached hydrogens (tertiary/aromatic N) is 1. The molecule has 0 amide bonds. The molecule has 3 rings (SSSR count). The second-order valence-corrected chi connectivity index (χ2v) is 8.81. The average Bonchev–Trinajstić information content (AvgIpc) is 2.57. The Morgan fingerprint density at radius 3 is 2.68 bits per heavy atom. The summed E-state index contributed by atoms with van der Waals surface area (Å²) in [4.78, 5) is 11.5. The topological polar surface area (TPSA) is 89.3 Å². The van der Waals surface area contributed by atoms with Gasteiger partial charge in [0.15, 0.2) is 0 Å². The van der Waals surface area contributed by atoms with E-state index in [0.717, 1.165) is 22.3 Å². The number of nitro benzene ring substituents is 1. The number of sulfonamides is 1. The van der Waals surface area contributed by atoms with E-state index in [1.807, 2.05) is 24.3 Å². The van der Waals surface area contributed by atoms with Crippen molar-refractivity contribution in [2.75, 3.05) is 5.75 Å². The van der Waals surface area contributed by atoms with Crippen molar-refractivity contribution in [3.8, 4) is 0 Å². The van der Waals surface area contributed by atoms with Gasteiger partial charge in [-0.2, -0.15) is 0 Å². The molecule has 0 fully saturated rings. The van der Waals surface area contributed by atoms with Crippen LogP contribution in [0.3, 0.4) is 0 Å². The van der Waals surface area contributed by atoms with Crippen molar-refractivity contribution in [2.45, 2.75) is 36.1 Å². The molecule has 1 N–H and O–H groups in total. The third-order valence-corrected chi connectivity index (χ3v) is 7.08. The molecule has 132 valence electrons. The van der Waals surface area contributed by atoms with Crippen LogP contribution in [0.4, 0.5) is 5.69 Å². The van der Waals surface area contributed by atoms with E-state index in [1.54, 1.807) is 25.6 Å². The minimum Gasteiger partial charge on any atom is -0.258 e. The maximum atomic E-state index is 12.9. The summed E-state index contributed by atoms with van der Waals surface area (Å²) in [5, 5.41) is 11.1. The highest BCUT2D eigenvalue weighted by Crippen LogP contribution is 2.37. The van der Waals surface area contributed by atoms with Gasteiger partial charge in [-0.25, -0.2) is 13.1 Å². The van der Waals surface area contributed by atoms with Crippen LogP contribution in [0.25, 0.3) is 0 Å². The van der Waals surface area contributed by atoms with Crippen molar-refractivity contribution < 1.29 is 13.3 Å². The van der Waals surface area contributed by atoms with Crippen molar-refractivity contribution in [3.63, 3.8) is 0 Å². The molecule has 1 aliphatic rings. The first-order valence-corrected chi connectivity index (χ1v) is 10.3. The molecule has 0 saturated carbocycles. The monoisotopic (exact) mass is 378 g/mol. The first kappa shape index (κ1) is 17.9. The fraction of sp³-hybridized carbons (Fsp3) is 0.294. The van der Waals surface area contributed by atoms with Crippen molar-refractivity contribution in [3.05, 3.63) is 63.2 Å². The van der Waals surface area contributed by atoms with Gasteiger partial charge in [0.2, 0.25) is 10.0 Å². The van der Waals surface area contributed by atoms with Crippen LogP contribution in [0, 0.1) is 24.0 Å². The van der Waals surface area contributed by atoms with Gasteiger partial charge in [-0.3, -0.25) is 10.1 Å². The third kappa shape index (κ3) is 3.56. The highest BCUT2D eigenvalue weighted by molar-refractivity contribution is 7.99. The molecule has 0 spiro atoms. The van der Waals surface area contributed by atoms with E-state index in [4.69, 9.17) is 0 Å². The van der Waals surface area contributed by atoms with Crippen LogP contribution >= 0.6 is 11.8 Å². The van der Waals surface area contributed by atoms with Gasteiger partial charge in [0.25, 0.3) is 5.69 Å². The second-order valence-electron chi connectivity index (χ2n) is 5.99. The lowest BCUT2D eigenvalue weighted by Crippen LogP contribution is -2.31. The lowest BCUT2D eigenvalue weighted by Gasteiger charge is -2.26. The van der Waals surface area contributed by atoms with E-state index in [0.29, 0.717) is 17.5 Å². The summed E-state index contributed by atoms with van der Waals surface area (Å²) in [7, 11) is -3.88. The Bertz CT molecular complexity index is 942. The standard InChI is InChI=1S/C17H18N2O4S2/c1-11-9-13(19(20)21)10-17(12(11)2)25(22,23)18-15-7-8-24-16-6-4-3-5-14(15)16/h3-6,9-10,15,18H,7-8H2,1-2H3. The molecule has 0 bridgehead atoms. The van der Waals surface area contributed by atoms with Gasteiger partial charge in [0, 0.05) is 23.1 Å². The van der Waals surface area contributed by atoms with Crippen LogP contribution in [0.15, 0.2) is 46.2 Å². The van der Waals surface area contributed by atoms with Crippen LogP contribution in [0.1, 0.15) is 29.2 Å². The minimum atomic E-state index is -3.88. The number of nitrogens with one attached hydrogen (secondary N) is 1. The number of non-ortho nitro benzene ring substituents is 1. The van der Waals surface area contributed by atoms with Crippen LogP contribution in [-0.4, -0.2) is 19.1 Å². The Labute approximate surface area is 150 Å². The van der Waals surface area contributed by atoms with Gasteiger partial charge in [-0.15, -0.1) is 11.8 Å². The molecule has 1 unspecified atom stereocenters. The number of fused-ring (bicyclic) bond motifs is 1. The number of nitro groups is 1. The molecule has 2 aromatic rings. The number of rotatable bonds is 4. The van der Waals surface area contributed by atoms with E-state index < -0.39 is 14.9 Å². The molecular weight excluding hydrogens is 360 g/mol. The van der Waals surface area contributed by atoms with Crippen molar-refractivity contribution >= 4 is 27.5 Å². The molecule has 0 aromatic heterocycles. The molecule has 0 radical (unpaired) electrons. The lowest BCUT2D eigenvalue weighted by atomic mass is 10.1. The maximum absolute atomic E-state index is 12.9. The van der Waals surface area contributed by atoms with Crippen LogP contribution in [-0.2, 0) is 10.0 Å². The fourth-order valence-electron chi connectivity index (χ4n) is 2.91. The van der Waals surface area contributed by atoms with Crippen LogP contribution in [0.2, 0.25) is 0 Å². The first-order chi connectivity index (χ1) is 11.8. The summed E-state index contributed by atoms with van der Waals surface area (Å²) in [5.74, 6) is 0.817. The molecule has 25 heavy (non-hydrogen) atoms. The number of thioether (sulfide) groups is 1. The summed E-state index contributed by atoms with van der Waals surface area (Å²) in [6.45, 7) is 3.34. The molecule has 1 heterocycles. The number of hydrogen-bond donors (Lipinski definition) is 1. The number of aryl methyl sites for hydroxylation is 1. The Morgan fingerprint density at radius 1 is 1.24 bits per heavy atom. The van der Waals surface area contributed by atoms with E-state index in [1.165, 1.54) is 6.07 Å². The molecule has 1 aliphatic heterocycles. The van der Waals surface area contributed by atoms with Gasteiger partial charge in [-0.05, 0) is 48.8 Å². The Balaban J connectivity index is 2.00. The molecule has 8 heteroatoms. The lowest BCUT2D eigenvalue weighted by molar-refractivity contribution is -0.385. The molecule has 1 atom stereocenters. The number of hydrogen-bond acceptors (Lipinski definition) is 5. The van der Waals surface area contributed by atoms with E-state index in [2.05, 4.69) is 4.72 Å². The zero-order valence-electron chi connectivity index (χ0n) is 13.9. The molecular formula is C17H18N2O4S2. The van der Waals surface area contributed by atoms with Gasteiger partial charge in [0.05, 0.1) is 9.82 Å². The largest absolute Gasteiger partial charge is 0.271 e. The van der Waals surface area contributed by atoms with Crippen LogP contribution < -0.4 is 4.72 Å². The van der Waals surface area contributed by atoms with E-state index in [9.17, 15) is 18.5 Å². The Hall–Kier alpha value is -1.90. The SMILES string of the molecule is Cc1cc([N+](=O)[O-])cc(S(=O)(=O)NC2CCSc3ccccc32)c1C. The average molecular weight is 378 g/mol. The zero-order chi connectivity index (χ0) is 18.2. The molecule has 2 aromatic carbocycles. The molecule has 0 aliphatic carbocycles. The quantitative estimate of drug-likeness (QED) is 0.647. The zero-order valence-corrected chi connectivity index (χ0v) is 15.5. The number of benzene rings is 2. The highest BCUT2D eigenvalue weighted by atomic mass is 32.2. The van der Waals surface area contributed by atoms with Crippen molar-refractivity contribution in [2.24, 2.45) is 0 Å². The van der Waals surface area contributed by atoms with Crippen molar-refractivity contribution in [1.82, 2.24) is 4.72 Å². The van der Waals surface area contributed by atoms with Crippen molar-refractivity contribution in [1.29, 1.82) is 0 Å². The summed E-state index contributed by atoms with van der Waals surface area (Å²) >= 11 is 1.70. The van der Waals surface area contributed by atoms with Gasteiger partial charge < -0.3 is 0 Å². The highest BCUT2D eigenvalue weighted by Gasteiger charge is 2.28. The van der Waals surface area contributed by atoms with Gasteiger partial charge >= 0.3 is 0 Å². The fourth-order valence-corrected chi connectivity index (χ4v) is 5.62. The third-order valence-electron chi connectivity index (χ3n) is 4.36. The normalized spacial score (nSPS) is 17.1. The van der Waals surface area contributed by atoms with E-state index in [-0.39, 0.29) is 16.6 Å². The van der Waals surface area contributed by atoms with Gasteiger partial charge in [0.1, 0.15) is 0 Å². The summed E-state index contributed by atoms with van der Waals surface area (Å²) in [6.07, 6.45) is 0.674. The Kier molecular flexibility index (Phi) is 4.86. The smallest absolute Gasteiger partial charge is 0.258 e. The summed E-state index contributed by atoms with van der Waals surface area (Å²) in [5.41, 5.74) is 1.83. The van der Waals surface area contributed by atoms with E-state index >= 15 is 0 Å². The van der Waals surface area contributed by atoms with Gasteiger partial charge in [-0.1, -0.05) is 18.2 Å².